The van der Waals surface area contributed by atoms with Crippen molar-refractivity contribution < 1.29 is 18.8 Å². The normalized spacial score (nSPS) is 12.7. The van der Waals surface area contributed by atoms with Gasteiger partial charge in [-0.1, -0.05) is 19.0 Å². The summed E-state index contributed by atoms with van der Waals surface area (Å²) < 4.78 is 24.1. The fraction of sp³-hybridized carbons (Fsp3) is 0.350. The monoisotopic (exact) mass is 358 g/mol. The average Bonchev–Trinajstić information content (AvgIpc) is 3.07. The third-order valence-electron chi connectivity index (χ3n) is 4.37. The second kappa shape index (κ2) is 8.29. The van der Waals surface area contributed by atoms with Gasteiger partial charge in [-0.2, -0.15) is 0 Å². The van der Waals surface area contributed by atoms with E-state index in [1.807, 2.05) is 24.3 Å². The van der Waals surface area contributed by atoms with Crippen molar-refractivity contribution in [3.05, 3.63) is 48.3 Å². The number of ether oxygens (including phenoxy) is 1. The average molecular weight is 358 g/mol. The zero-order valence-electron chi connectivity index (χ0n) is 15.0. The van der Waals surface area contributed by atoms with Crippen molar-refractivity contribution in [2.45, 2.75) is 20.0 Å². The topological polar surface area (TPSA) is 58.7 Å². The summed E-state index contributed by atoms with van der Waals surface area (Å²) in [5.41, 5.74) is 1.93. The number of halogens is 1. The van der Waals surface area contributed by atoms with Crippen LogP contribution in [0.4, 0.5) is 4.39 Å². The number of hydrogen-bond donors (Lipinski definition) is 1. The first kappa shape index (κ1) is 18.4. The molecule has 5 nitrogen and oxygen atoms in total. The Morgan fingerprint density at radius 1 is 1.15 bits per heavy atom. The Hall–Kier alpha value is -2.44. The van der Waals surface area contributed by atoms with Crippen molar-refractivity contribution in [2.75, 3.05) is 26.2 Å². The molecule has 1 N–H and O–H groups in total. The summed E-state index contributed by atoms with van der Waals surface area (Å²) in [6.45, 7) is 6.76. The van der Waals surface area contributed by atoms with E-state index in [4.69, 9.17) is 9.26 Å². The maximum absolute atomic E-state index is 13.2. The quantitative estimate of drug-likeness (QED) is 0.665. The fourth-order valence-corrected chi connectivity index (χ4v) is 2.85. The molecule has 0 spiro atoms. The maximum Gasteiger partial charge on any atom is 0.170 e. The summed E-state index contributed by atoms with van der Waals surface area (Å²) in [5.74, 6) is 0.318. The molecule has 0 radical (unpaired) electrons. The smallest absolute Gasteiger partial charge is 0.170 e. The van der Waals surface area contributed by atoms with Crippen molar-refractivity contribution in [1.29, 1.82) is 0 Å². The lowest BCUT2D eigenvalue weighted by atomic mass is 10.1. The molecule has 0 amide bonds. The van der Waals surface area contributed by atoms with Gasteiger partial charge in [-0.3, -0.25) is 0 Å². The predicted octanol–water partition coefficient (Wildman–Crippen LogP) is 3.72. The minimum absolute atomic E-state index is 0.238. The number of benzene rings is 2. The van der Waals surface area contributed by atoms with Gasteiger partial charge in [-0.05, 0) is 49.5 Å². The second-order valence-electron chi connectivity index (χ2n) is 6.15. The number of fused-ring (bicyclic) bond motifs is 1. The molecule has 1 aromatic heterocycles. The van der Waals surface area contributed by atoms with Gasteiger partial charge in [-0.15, -0.1) is 0 Å². The first-order valence-corrected chi connectivity index (χ1v) is 8.79. The van der Waals surface area contributed by atoms with Crippen LogP contribution in [0.5, 0.6) is 5.75 Å². The number of aliphatic hydroxyl groups excluding tert-OH is 1. The molecule has 0 aliphatic carbocycles. The van der Waals surface area contributed by atoms with E-state index < -0.39 is 6.10 Å². The van der Waals surface area contributed by atoms with Gasteiger partial charge in [0.1, 0.15) is 30.0 Å². The van der Waals surface area contributed by atoms with Gasteiger partial charge in [0.2, 0.25) is 0 Å². The van der Waals surface area contributed by atoms with Gasteiger partial charge in [0.15, 0.2) is 5.58 Å². The molecule has 0 unspecified atom stereocenters. The SMILES string of the molecule is CCN(CC)C[C@@H](O)COc1ccc(-c2noc3cc(F)ccc23)cc1. The van der Waals surface area contributed by atoms with Crippen molar-refractivity contribution in [3.63, 3.8) is 0 Å². The van der Waals surface area contributed by atoms with Gasteiger partial charge in [-0.25, -0.2) is 4.39 Å². The molecule has 0 aliphatic heterocycles. The molecular weight excluding hydrogens is 335 g/mol. The molecule has 0 bridgehead atoms. The molecule has 1 atom stereocenters. The van der Waals surface area contributed by atoms with E-state index in [0.717, 1.165) is 24.0 Å². The highest BCUT2D eigenvalue weighted by Crippen LogP contribution is 2.29. The molecule has 26 heavy (non-hydrogen) atoms. The van der Waals surface area contributed by atoms with Crippen molar-refractivity contribution in [2.24, 2.45) is 0 Å². The molecule has 6 heteroatoms. The van der Waals surface area contributed by atoms with Crippen LogP contribution in [0.25, 0.3) is 22.2 Å². The fourth-order valence-electron chi connectivity index (χ4n) is 2.85. The van der Waals surface area contributed by atoms with Crippen LogP contribution < -0.4 is 4.74 Å². The first-order valence-electron chi connectivity index (χ1n) is 8.79. The lowest BCUT2D eigenvalue weighted by Gasteiger charge is -2.21. The molecule has 3 rings (SSSR count). The number of aliphatic hydroxyl groups is 1. The number of hydrogen-bond acceptors (Lipinski definition) is 5. The molecule has 0 saturated carbocycles. The number of rotatable bonds is 8. The molecule has 138 valence electrons. The van der Waals surface area contributed by atoms with Crippen LogP contribution in [0, 0.1) is 5.82 Å². The third-order valence-corrected chi connectivity index (χ3v) is 4.37. The minimum atomic E-state index is -0.538. The van der Waals surface area contributed by atoms with E-state index in [2.05, 4.69) is 23.9 Å². The minimum Gasteiger partial charge on any atom is -0.491 e. The van der Waals surface area contributed by atoms with Crippen LogP contribution in [0.3, 0.4) is 0 Å². The van der Waals surface area contributed by atoms with Crippen LogP contribution in [0.2, 0.25) is 0 Å². The van der Waals surface area contributed by atoms with E-state index in [9.17, 15) is 9.50 Å². The zero-order valence-corrected chi connectivity index (χ0v) is 15.0. The van der Waals surface area contributed by atoms with Crippen molar-refractivity contribution in [3.8, 4) is 17.0 Å². The predicted molar refractivity (Wildman–Crippen MR) is 98.7 cm³/mol. The molecule has 2 aromatic carbocycles. The summed E-state index contributed by atoms with van der Waals surface area (Å²) >= 11 is 0. The Morgan fingerprint density at radius 2 is 1.88 bits per heavy atom. The molecule has 0 aliphatic rings. The third kappa shape index (κ3) is 4.20. The lowest BCUT2D eigenvalue weighted by Crippen LogP contribution is -2.35. The van der Waals surface area contributed by atoms with Crippen LogP contribution in [0.15, 0.2) is 47.0 Å². The standard InChI is InChI=1S/C20H23FN2O3/c1-3-23(4-2)12-16(24)13-25-17-8-5-14(6-9-17)20-18-10-7-15(21)11-19(18)26-22-20/h5-11,16,24H,3-4,12-13H2,1-2H3/t16-/m1/s1. The van der Waals surface area contributed by atoms with E-state index in [1.165, 1.54) is 12.1 Å². The van der Waals surface area contributed by atoms with Crippen LogP contribution in [-0.4, -0.2) is 47.5 Å². The van der Waals surface area contributed by atoms with E-state index in [-0.39, 0.29) is 12.4 Å². The summed E-state index contributed by atoms with van der Waals surface area (Å²) in [5, 5.41) is 14.9. The van der Waals surface area contributed by atoms with Gasteiger partial charge in [0.05, 0.1) is 0 Å². The molecule has 1 heterocycles. The zero-order chi connectivity index (χ0) is 18.5. The summed E-state index contributed by atoms with van der Waals surface area (Å²) in [6, 6.07) is 11.7. The van der Waals surface area contributed by atoms with Crippen LogP contribution in [-0.2, 0) is 0 Å². The van der Waals surface area contributed by atoms with E-state index >= 15 is 0 Å². The Balaban J connectivity index is 1.65. The summed E-state index contributed by atoms with van der Waals surface area (Å²) in [7, 11) is 0. The van der Waals surface area contributed by atoms with Crippen molar-refractivity contribution >= 4 is 11.0 Å². The largest absolute Gasteiger partial charge is 0.491 e. The van der Waals surface area contributed by atoms with Crippen molar-refractivity contribution in [1.82, 2.24) is 10.1 Å². The van der Waals surface area contributed by atoms with Crippen LogP contribution in [0.1, 0.15) is 13.8 Å². The molecule has 3 aromatic rings. The Labute approximate surface area is 152 Å². The van der Waals surface area contributed by atoms with E-state index in [1.54, 1.807) is 6.07 Å². The highest BCUT2D eigenvalue weighted by molar-refractivity contribution is 5.91. The van der Waals surface area contributed by atoms with Gasteiger partial charge in [0.25, 0.3) is 0 Å². The summed E-state index contributed by atoms with van der Waals surface area (Å²) in [6.07, 6.45) is -0.538. The molecular formula is C20H23FN2O3. The van der Waals surface area contributed by atoms with Gasteiger partial charge in [0, 0.05) is 23.6 Å². The number of nitrogens with zero attached hydrogens (tertiary/aromatic N) is 2. The second-order valence-corrected chi connectivity index (χ2v) is 6.15. The van der Waals surface area contributed by atoms with Crippen LogP contribution >= 0.6 is 0 Å². The lowest BCUT2D eigenvalue weighted by molar-refractivity contribution is 0.0716. The van der Waals surface area contributed by atoms with E-state index in [0.29, 0.717) is 23.6 Å². The Kier molecular flexibility index (Phi) is 5.85. The number of likely N-dealkylation sites (N-methyl/N-ethyl adjacent to an activating group) is 1. The highest BCUT2D eigenvalue weighted by atomic mass is 19.1. The Bertz CT molecular complexity index is 844. The maximum atomic E-state index is 13.2. The molecule has 0 saturated heterocycles. The van der Waals surface area contributed by atoms with Gasteiger partial charge < -0.3 is 19.3 Å². The molecule has 0 fully saturated rings. The van der Waals surface area contributed by atoms with Gasteiger partial charge >= 0.3 is 0 Å². The number of aromatic nitrogens is 1. The first-order chi connectivity index (χ1) is 12.6. The highest BCUT2D eigenvalue weighted by Gasteiger charge is 2.12. The Morgan fingerprint density at radius 3 is 2.58 bits per heavy atom. The summed E-state index contributed by atoms with van der Waals surface area (Å²) in [4.78, 5) is 2.15.